The van der Waals surface area contributed by atoms with E-state index >= 15 is 0 Å². The van der Waals surface area contributed by atoms with Crippen molar-refractivity contribution >= 4 is 30.7 Å². The normalized spacial score (nSPS) is 11.3. The molecule has 0 spiro atoms. The first-order chi connectivity index (χ1) is 10.1. The van der Waals surface area contributed by atoms with Gasteiger partial charge in [-0.05, 0) is 24.2 Å². The number of amides is 1. The summed E-state index contributed by atoms with van der Waals surface area (Å²) < 4.78 is 4.89. The van der Waals surface area contributed by atoms with Crippen molar-refractivity contribution in [1.82, 2.24) is 10.2 Å². The van der Waals surface area contributed by atoms with Gasteiger partial charge in [0, 0.05) is 20.2 Å². The summed E-state index contributed by atoms with van der Waals surface area (Å²) in [5, 5.41) is 2.87. The zero-order chi connectivity index (χ0) is 15.7. The number of benzene rings is 1. The van der Waals surface area contributed by atoms with Crippen LogP contribution in [-0.4, -0.2) is 43.7 Å². The average molecular weight is 366 g/mol. The molecule has 0 aromatic heterocycles. The fourth-order valence-corrected chi connectivity index (χ4v) is 2.14. The van der Waals surface area contributed by atoms with Crippen molar-refractivity contribution in [3.8, 4) is 0 Å². The zero-order valence-electron chi connectivity index (χ0n) is 14.1. The number of ether oxygens (including phenoxy) is 1. The van der Waals surface area contributed by atoms with Crippen molar-refractivity contribution < 1.29 is 9.53 Å². The SMILES string of the molecule is CCN(CC)Cc1ccccc1CNC(=O)C(N)COC.Cl.Cl. The number of hydrogen-bond donors (Lipinski definition) is 2. The Morgan fingerprint density at radius 2 is 1.78 bits per heavy atom. The Bertz CT molecular complexity index is 443. The van der Waals surface area contributed by atoms with Crippen LogP contribution in [-0.2, 0) is 22.6 Å². The lowest BCUT2D eigenvalue weighted by Gasteiger charge is -2.20. The highest BCUT2D eigenvalue weighted by Gasteiger charge is 2.13. The third kappa shape index (κ3) is 8.53. The number of hydrogen-bond acceptors (Lipinski definition) is 4. The molecule has 0 radical (unpaired) electrons. The van der Waals surface area contributed by atoms with Crippen molar-refractivity contribution in [1.29, 1.82) is 0 Å². The van der Waals surface area contributed by atoms with Gasteiger partial charge in [0.05, 0.1) is 6.61 Å². The highest BCUT2D eigenvalue weighted by Crippen LogP contribution is 2.11. The summed E-state index contributed by atoms with van der Waals surface area (Å²) in [7, 11) is 1.53. The van der Waals surface area contributed by atoms with E-state index in [2.05, 4.69) is 30.1 Å². The molecule has 0 saturated heterocycles. The molecule has 1 amide bonds. The molecule has 134 valence electrons. The smallest absolute Gasteiger partial charge is 0.239 e. The maximum Gasteiger partial charge on any atom is 0.239 e. The fourth-order valence-electron chi connectivity index (χ4n) is 2.14. The van der Waals surface area contributed by atoms with Crippen molar-refractivity contribution in [2.75, 3.05) is 26.8 Å². The molecule has 23 heavy (non-hydrogen) atoms. The maximum absolute atomic E-state index is 11.8. The van der Waals surface area contributed by atoms with E-state index in [1.54, 1.807) is 0 Å². The molecule has 0 bridgehead atoms. The number of methoxy groups -OCH3 is 1. The predicted octanol–water partition coefficient (Wildman–Crippen LogP) is 1.96. The Labute approximate surface area is 151 Å². The minimum absolute atomic E-state index is 0. The van der Waals surface area contributed by atoms with Crippen LogP contribution in [0.4, 0.5) is 0 Å². The second-order valence-corrected chi connectivity index (χ2v) is 5.01. The van der Waals surface area contributed by atoms with Crippen LogP contribution in [0.5, 0.6) is 0 Å². The van der Waals surface area contributed by atoms with E-state index in [9.17, 15) is 4.79 Å². The van der Waals surface area contributed by atoms with Gasteiger partial charge in [-0.3, -0.25) is 9.69 Å². The van der Waals surface area contributed by atoms with Crippen LogP contribution in [0.3, 0.4) is 0 Å². The van der Waals surface area contributed by atoms with Crippen LogP contribution in [0.15, 0.2) is 24.3 Å². The van der Waals surface area contributed by atoms with Gasteiger partial charge in [0.15, 0.2) is 0 Å². The molecule has 0 fully saturated rings. The molecule has 3 N–H and O–H groups in total. The molecule has 0 heterocycles. The zero-order valence-corrected chi connectivity index (χ0v) is 15.7. The minimum Gasteiger partial charge on any atom is -0.383 e. The summed E-state index contributed by atoms with van der Waals surface area (Å²) >= 11 is 0. The Hall–Kier alpha value is -0.850. The molecule has 1 aromatic carbocycles. The second kappa shape index (κ2) is 13.6. The minimum atomic E-state index is -0.620. The van der Waals surface area contributed by atoms with Crippen LogP contribution in [0.1, 0.15) is 25.0 Å². The van der Waals surface area contributed by atoms with Crippen LogP contribution in [0, 0.1) is 0 Å². The summed E-state index contributed by atoms with van der Waals surface area (Å²) in [6.07, 6.45) is 0. The van der Waals surface area contributed by atoms with Crippen LogP contribution in [0.2, 0.25) is 0 Å². The molecular formula is C16H29Cl2N3O2. The van der Waals surface area contributed by atoms with E-state index in [-0.39, 0.29) is 37.3 Å². The number of nitrogens with two attached hydrogens (primary N) is 1. The van der Waals surface area contributed by atoms with Crippen LogP contribution in [0.25, 0.3) is 0 Å². The first-order valence-corrected chi connectivity index (χ1v) is 7.43. The Morgan fingerprint density at radius 3 is 2.30 bits per heavy atom. The summed E-state index contributed by atoms with van der Waals surface area (Å²) in [5.41, 5.74) is 8.07. The van der Waals surface area contributed by atoms with Crippen molar-refractivity contribution in [2.24, 2.45) is 5.73 Å². The standard InChI is InChI=1S/C16H27N3O2.2ClH/c1-4-19(5-2)11-14-9-7-6-8-13(14)10-18-16(20)15(17)12-21-3;;/h6-9,15H,4-5,10-12,17H2,1-3H3,(H,18,20);2*1H. The van der Waals surface area contributed by atoms with E-state index in [0.717, 1.165) is 25.2 Å². The highest BCUT2D eigenvalue weighted by atomic mass is 35.5. The van der Waals surface area contributed by atoms with Gasteiger partial charge in [0.2, 0.25) is 5.91 Å². The average Bonchev–Trinajstić information content (AvgIpc) is 2.51. The van der Waals surface area contributed by atoms with Crippen molar-refractivity contribution in [3.63, 3.8) is 0 Å². The Morgan fingerprint density at radius 1 is 1.22 bits per heavy atom. The molecule has 1 unspecified atom stereocenters. The van der Waals surface area contributed by atoms with E-state index in [0.29, 0.717) is 6.54 Å². The lowest BCUT2D eigenvalue weighted by Crippen LogP contribution is -2.43. The quantitative estimate of drug-likeness (QED) is 0.701. The monoisotopic (exact) mass is 365 g/mol. The molecule has 7 heteroatoms. The van der Waals surface area contributed by atoms with E-state index in [1.807, 2.05) is 18.2 Å². The maximum atomic E-state index is 11.8. The molecule has 0 aliphatic rings. The summed E-state index contributed by atoms with van der Waals surface area (Å²) in [5.74, 6) is -0.186. The number of nitrogens with one attached hydrogen (secondary N) is 1. The first kappa shape index (κ1) is 24.4. The van der Waals surface area contributed by atoms with Gasteiger partial charge in [-0.1, -0.05) is 38.1 Å². The van der Waals surface area contributed by atoms with Crippen molar-refractivity contribution in [3.05, 3.63) is 35.4 Å². The molecule has 0 saturated carbocycles. The topological polar surface area (TPSA) is 67.6 Å². The largest absolute Gasteiger partial charge is 0.383 e. The Balaban J connectivity index is 0. The number of halogens is 2. The number of nitrogens with zero attached hydrogens (tertiary/aromatic N) is 1. The van der Waals surface area contributed by atoms with Gasteiger partial charge in [-0.2, -0.15) is 0 Å². The fraction of sp³-hybridized carbons (Fsp3) is 0.562. The van der Waals surface area contributed by atoms with E-state index in [1.165, 1.54) is 12.7 Å². The molecule has 0 aliphatic heterocycles. The molecule has 5 nitrogen and oxygen atoms in total. The second-order valence-electron chi connectivity index (χ2n) is 5.01. The third-order valence-corrected chi connectivity index (χ3v) is 3.54. The summed E-state index contributed by atoms with van der Waals surface area (Å²) in [6, 6.07) is 7.55. The van der Waals surface area contributed by atoms with Gasteiger partial charge in [-0.25, -0.2) is 0 Å². The highest BCUT2D eigenvalue weighted by molar-refractivity contribution is 5.85. The number of carbonyl (C=O) groups excluding carboxylic acids is 1. The van der Waals surface area contributed by atoms with Gasteiger partial charge >= 0.3 is 0 Å². The van der Waals surface area contributed by atoms with Gasteiger partial charge in [-0.15, -0.1) is 24.8 Å². The van der Waals surface area contributed by atoms with Crippen LogP contribution >= 0.6 is 24.8 Å². The van der Waals surface area contributed by atoms with Crippen LogP contribution < -0.4 is 11.1 Å². The molecule has 1 atom stereocenters. The van der Waals surface area contributed by atoms with E-state index < -0.39 is 6.04 Å². The predicted molar refractivity (Wildman–Crippen MR) is 99.3 cm³/mol. The lowest BCUT2D eigenvalue weighted by atomic mass is 10.1. The molecule has 0 aliphatic carbocycles. The van der Waals surface area contributed by atoms with Gasteiger partial charge < -0.3 is 15.8 Å². The summed E-state index contributed by atoms with van der Waals surface area (Å²) in [4.78, 5) is 14.2. The van der Waals surface area contributed by atoms with Gasteiger partial charge in [0.1, 0.15) is 6.04 Å². The summed E-state index contributed by atoms with van der Waals surface area (Å²) in [6.45, 7) is 7.94. The number of carbonyl (C=O) groups is 1. The molecule has 1 rings (SSSR count). The number of rotatable bonds is 9. The van der Waals surface area contributed by atoms with Crippen molar-refractivity contribution in [2.45, 2.75) is 33.0 Å². The molecular weight excluding hydrogens is 337 g/mol. The third-order valence-electron chi connectivity index (χ3n) is 3.54. The lowest BCUT2D eigenvalue weighted by molar-refractivity contribution is -0.123. The van der Waals surface area contributed by atoms with Gasteiger partial charge in [0.25, 0.3) is 0 Å². The first-order valence-electron chi connectivity index (χ1n) is 7.43. The van der Waals surface area contributed by atoms with E-state index in [4.69, 9.17) is 10.5 Å². The molecule has 1 aromatic rings. The Kier molecular flexibility index (Phi) is 14.4.